The second-order valence-corrected chi connectivity index (χ2v) is 4.53. The van der Waals surface area contributed by atoms with Gasteiger partial charge in [0.2, 0.25) is 0 Å². The zero-order valence-corrected chi connectivity index (χ0v) is 11.2. The number of carbonyl (C=O) groups is 1. The molecule has 1 aromatic rings. The quantitative estimate of drug-likeness (QED) is 0.471. The Morgan fingerprint density at radius 3 is 2.33 bits per heavy atom. The van der Waals surface area contributed by atoms with Crippen molar-refractivity contribution in [2.75, 3.05) is 18.6 Å². The third-order valence-corrected chi connectivity index (χ3v) is 3.40. The average molecular weight is 295 g/mol. The molecule has 9 nitrogen and oxygen atoms in total. The van der Waals surface area contributed by atoms with Crippen molar-refractivity contribution in [2.45, 2.75) is 18.9 Å². The van der Waals surface area contributed by atoms with Gasteiger partial charge in [0.25, 0.3) is 11.4 Å². The number of methoxy groups -OCH3 is 1. The number of benzene rings is 1. The lowest BCUT2D eigenvalue weighted by Gasteiger charge is -2.23. The summed E-state index contributed by atoms with van der Waals surface area (Å²) in [6.45, 7) is 0.325. The Morgan fingerprint density at radius 2 is 1.86 bits per heavy atom. The SMILES string of the molecule is COC(=O)[C@@H]1CCCN1c1c([N+](=O)[O-])cccc1[N+](=O)[O-]. The molecule has 1 atom stereocenters. The van der Waals surface area contributed by atoms with Crippen molar-refractivity contribution in [1.29, 1.82) is 0 Å². The molecule has 1 saturated heterocycles. The maximum absolute atomic E-state index is 11.8. The largest absolute Gasteiger partial charge is 0.467 e. The van der Waals surface area contributed by atoms with Crippen LogP contribution in [0.5, 0.6) is 0 Å². The van der Waals surface area contributed by atoms with Crippen molar-refractivity contribution in [1.82, 2.24) is 0 Å². The molecule has 9 heteroatoms. The Labute approximate surface area is 119 Å². The first-order valence-corrected chi connectivity index (χ1v) is 6.23. The number of nitro groups is 2. The zero-order chi connectivity index (χ0) is 15.6. The number of anilines is 1. The molecule has 0 aromatic heterocycles. The number of carbonyl (C=O) groups excluding carboxylic acids is 1. The van der Waals surface area contributed by atoms with Crippen molar-refractivity contribution >= 4 is 23.0 Å². The van der Waals surface area contributed by atoms with E-state index in [1.165, 1.54) is 30.2 Å². The predicted octanol–water partition coefficient (Wildman–Crippen LogP) is 1.64. The molecule has 0 amide bonds. The molecular weight excluding hydrogens is 282 g/mol. The van der Waals surface area contributed by atoms with Gasteiger partial charge in [-0.2, -0.15) is 0 Å². The molecular formula is C12H13N3O6. The maximum Gasteiger partial charge on any atom is 0.328 e. The van der Waals surface area contributed by atoms with Crippen LogP contribution in [0, 0.1) is 20.2 Å². The fraction of sp³-hybridized carbons (Fsp3) is 0.417. The Hall–Kier alpha value is -2.71. The van der Waals surface area contributed by atoms with Crippen molar-refractivity contribution in [3.63, 3.8) is 0 Å². The van der Waals surface area contributed by atoms with Gasteiger partial charge in [-0.3, -0.25) is 20.2 Å². The number of nitrogens with zero attached hydrogens (tertiary/aromatic N) is 3. The highest BCUT2D eigenvalue weighted by Gasteiger charge is 2.39. The molecule has 1 aliphatic heterocycles. The van der Waals surface area contributed by atoms with Gasteiger partial charge in [0.05, 0.1) is 17.0 Å². The molecule has 0 saturated carbocycles. The van der Waals surface area contributed by atoms with Crippen LogP contribution in [-0.2, 0) is 9.53 Å². The standard InChI is InChI=1S/C12H13N3O6/c1-21-12(16)10-6-3-7-13(10)11-8(14(17)18)4-2-5-9(11)15(19)20/h2,4-5,10H,3,6-7H2,1H3/t10-/m0/s1. The molecule has 112 valence electrons. The summed E-state index contributed by atoms with van der Waals surface area (Å²) in [5.41, 5.74) is -0.916. The second-order valence-electron chi connectivity index (χ2n) is 4.53. The Bertz CT molecular complexity index is 570. The van der Waals surface area contributed by atoms with Crippen LogP contribution in [0.25, 0.3) is 0 Å². The minimum Gasteiger partial charge on any atom is -0.467 e. The van der Waals surface area contributed by atoms with E-state index in [-0.39, 0.29) is 17.1 Å². The number of esters is 1. The Morgan fingerprint density at radius 1 is 1.29 bits per heavy atom. The Balaban J connectivity index is 2.57. The maximum atomic E-state index is 11.8. The summed E-state index contributed by atoms with van der Waals surface area (Å²) in [5, 5.41) is 22.3. The summed E-state index contributed by atoms with van der Waals surface area (Å²) in [6.07, 6.45) is 1.04. The van der Waals surface area contributed by atoms with E-state index in [2.05, 4.69) is 4.74 Å². The van der Waals surface area contributed by atoms with Crippen LogP contribution in [0.2, 0.25) is 0 Å². The molecule has 0 radical (unpaired) electrons. The van der Waals surface area contributed by atoms with E-state index in [1.54, 1.807) is 0 Å². The molecule has 0 N–H and O–H groups in total. The van der Waals surface area contributed by atoms with Gasteiger partial charge < -0.3 is 9.64 Å². The lowest BCUT2D eigenvalue weighted by atomic mass is 10.1. The summed E-state index contributed by atoms with van der Waals surface area (Å²) in [6, 6.07) is 2.89. The van der Waals surface area contributed by atoms with E-state index in [0.717, 1.165) is 0 Å². The van der Waals surface area contributed by atoms with Crippen molar-refractivity contribution in [3.8, 4) is 0 Å². The van der Waals surface area contributed by atoms with Crippen LogP contribution in [0.1, 0.15) is 12.8 Å². The first-order valence-electron chi connectivity index (χ1n) is 6.23. The summed E-state index contributed by atoms with van der Waals surface area (Å²) in [4.78, 5) is 34.1. The third-order valence-electron chi connectivity index (χ3n) is 3.40. The zero-order valence-electron chi connectivity index (χ0n) is 11.2. The molecule has 2 rings (SSSR count). The van der Waals surface area contributed by atoms with Crippen LogP contribution >= 0.6 is 0 Å². The monoisotopic (exact) mass is 295 g/mol. The molecule has 1 aliphatic rings. The van der Waals surface area contributed by atoms with E-state index < -0.39 is 21.9 Å². The number of para-hydroxylation sites is 1. The molecule has 0 unspecified atom stereocenters. The highest BCUT2D eigenvalue weighted by atomic mass is 16.6. The van der Waals surface area contributed by atoms with Crippen LogP contribution in [0.4, 0.5) is 17.1 Å². The van der Waals surface area contributed by atoms with Crippen LogP contribution < -0.4 is 4.90 Å². The number of rotatable bonds is 4. The van der Waals surface area contributed by atoms with Crippen LogP contribution in [0.3, 0.4) is 0 Å². The fourth-order valence-electron chi connectivity index (χ4n) is 2.52. The summed E-state index contributed by atoms with van der Waals surface area (Å²) in [7, 11) is 1.21. The van der Waals surface area contributed by atoms with Crippen molar-refractivity contribution in [3.05, 3.63) is 38.4 Å². The van der Waals surface area contributed by atoms with Crippen molar-refractivity contribution < 1.29 is 19.4 Å². The van der Waals surface area contributed by atoms with Gasteiger partial charge >= 0.3 is 5.97 Å². The van der Waals surface area contributed by atoms with Gasteiger partial charge in [-0.25, -0.2) is 4.79 Å². The minimum atomic E-state index is -0.741. The van der Waals surface area contributed by atoms with Crippen LogP contribution in [-0.4, -0.2) is 35.5 Å². The van der Waals surface area contributed by atoms with Gasteiger partial charge in [-0.05, 0) is 18.9 Å². The minimum absolute atomic E-state index is 0.139. The lowest BCUT2D eigenvalue weighted by Crippen LogP contribution is -2.37. The number of hydrogen-bond acceptors (Lipinski definition) is 7. The fourth-order valence-corrected chi connectivity index (χ4v) is 2.52. The highest BCUT2D eigenvalue weighted by Crippen LogP contribution is 2.40. The van der Waals surface area contributed by atoms with Gasteiger partial charge in [0.1, 0.15) is 6.04 Å². The average Bonchev–Trinajstić information content (AvgIpc) is 2.94. The normalized spacial score (nSPS) is 17.6. The van der Waals surface area contributed by atoms with E-state index in [9.17, 15) is 25.0 Å². The molecule has 1 fully saturated rings. The van der Waals surface area contributed by atoms with E-state index >= 15 is 0 Å². The molecule has 0 spiro atoms. The van der Waals surface area contributed by atoms with E-state index in [1.807, 2.05) is 0 Å². The highest BCUT2D eigenvalue weighted by molar-refractivity contribution is 5.85. The first-order chi connectivity index (χ1) is 9.97. The lowest BCUT2D eigenvalue weighted by molar-refractivity contribution is -0.392. The van der Waals surface area contributed by atoms with Gasteiger partial charge in [0, 0.05) is 18.7 Å². The number of ether oxygens (including phenoxy) is 1. The molecule has 1 heterocycles. The first kappa shape index (κ1) is 14.7. The predicted molar refractivity (Wildman–Crippen MR) is 72.1 cm³/mol. The van der Waals surface area contributed by atoms with E-state index in [4.69, 9.17) is 0 Å². The number of nitro benzene ring substituents is 2. The summed E-state index contributed by atoms with van der Waals surface area (Å²) >= 11 is 0. The number of hydrogen-bond donors (Lipinski definition) is 0. The summed E-state index contributed by atoms with van der Waals surface area (Å²) < 4.78 is 4.67. The summed E-state index contributed by atoms with van der Waals surface area (Å²) in [5.74, 6) is -0.556. The molecule has 0 bridgehead atoms. The smallest absolute Gasteiger partial charge is 0.328 e. The molecule has 21 heavy (non-hydrogen) atoms. The second kappa shape index (κ2) is 5.73. The molecule has 1 aromatic carbocycles. The van der Waals surface area contributed by atoms with Gasteiger partial charge in [-0.1, -0.05) is 0 Å². The topological polar surface area (TPSA) is 116 Å². The van der Waals surface area contributed by atoms with Crippen LogP contribution in [0.15, 0.2) is 18.2 Å². The van der Waals surface area contributed by atoms with E-state index in [0.29, 0.717) is 19.4 Å². The molecule has 0 aliphatic carbocycles. The Kier molecular flexibility index (Phi) is 4.01. The van der Waals surface area contributed by atoms with Gasteiger partial charge in [-0.15, -0.1) is 0 Å². The van der Waals surface area contributed by atoms with Gasteiger partial charge in [0.15, 0.2) is 5.69 Å². The van der Waals surface area contributed by atoms with Crippen molar-refractivity contribution in [2.24, 2.45) is 0 Å². The third kappa shape index (κ3) is 2.62.